The number of nitrogens with zero attached hydrogens (tertiary/aromatic N) is 2. The van der Waals surface area contributed by atoms with Crippen LogP contribution in [0.4, 0.5) is 5.82 Å². The number of carbonyl (C=O) groups excluding carboxylic acids is 1. The zero-order chi connectivity index (χ0) is 13.7. The SMILES string of the molecule is CCCNc1cccc(CN2CC(CC)CC2=O)n1. The number of amides is 1. The van der Waals surface area contributed by atoms with Crippen LogP contribution < -0.4 is 5.32 Å². The second kappa shape index (κ2) is 6.55. The van der Waals surface area contributed by atoms with Gasteiger partial charge in [0, 0.05) is 19.5 Å². The van der Waals surface area contributed by atoms with Crippen molar-refractivity contribution in [3.8, 4) is 0 Å². The summed E-state index contributed by atoms with van der Waals surface area (Å²) in [7, 11) is 0. The van der Waals surface area contributed by atoms with Gasteiger partial charge in [-0.3, -0.25) is 4.79 Å². The predicted octanol–water partition coefficient (Wildman–Crippen LogP) is 2.66. The molecule has 0 aromatic carbocycles. The highest BCUT2D eigenvalue weighted by Gasteiger charge is 2.28. The molecular weight excluding hydrogens is 238 g/mol. The normalized spacial score (nSPS) is 18.9. The lowest BCUT2D eigenvalue weighted by molar-refractivity contribution is -0.128. The molecule has 2 rings (SSSR count). The van der Waals surface area contributed by atoms with Crippen molar-refractivity contribution in [1.82, 2.24) is 9.88 Å². The van der Waals surface area contributed by atoms with Crippen molar-refractivity contribution < 1.29 is 4.79 Å². The lowest BCUT2D eigenvalue weighted by atomic mass is 10.1. The summed E-state index contributed by atoms with van der Waals surface area (Å²) >= 11 is 0. The number of nitrogens with one attached hydrogen (secondary N) is 1. The Hall–Kier alpha value is -1.58. The van der Waals surface area contributed by atoms with Gasteiger partial charge >= 0.3 is 0 Å². The van der Waals surface area contributed by atoms with Crippen molar-refractivity contribution in [2.45, 2.75) is 39.7 Å². The lowest BCUT2D eigenvalue weighted by Gasteiger charge is -2.16. The Balaban J connectivity index is 1.97. The molecule has 1 aromatic heterocycles. The van der Waals surface area contributed by atoms with Gasteiger partial charge in [-0.05, 0) is 24.5 Å². The molecule has 0 saturated carbocycles. The van der Waals surface area contributed by atoms with Gasteiger partial charge in [-0.25, -0.2) is 4.98 Å². The van der Waals surface area contributed by atoms with Crippen molar-refractivity contribution in [3.63, 3.8) is 0 Å². The summed E-state index contributed by atoms with van der Waals surface area (Å²) in [5.74, 6) is 1.69. The van der Waals surface area contributed by atoms with E-state index in [1.807, 2.05) is 23.1 Å². The first-order chi connectivity index (χ1) is 9.22. The first-order valence-corrected chi connectivity index (χ1v) is 7.20. The molecular formula is C15H23N3O. The average Bonchev–Trinajstić information content (AvgIpc) is 2.77. The van der Waals surface area contributed by atoms with Crippen LogP contribution in [0.15, 0.2) is 18.2 Å². The van der Waals surface area contributed by atoms with Crippen LogP contribution >= 0.6 is 0 Å². The second-order valence-corrected chi connectivity index (χ2v) is 5.19. The minimum atomic E-state index is 0.264. The average molecular weight is 261 g/mol. The van der Waals surface area contributed by atoms with Crippen LogP contribution in [-0.2, 0) is 11.3 Å². The maximum absolute atomic E-state index is 11.9. The smallest absolute Gasteiger partial charge is 0.223 e. The Morgan fingerprint density at radius 2 is 2.26 bits per heavy atom. The number of aromatic nitrogens is 1. The number of hydrogen-bond donors (Lipinski definition) is 1. The third-order valence-electron chi connectivity index (χ3n) is 3.59. The quantitative estimate of drug-likeness (QED) is 0.856. The molecule has 0 spiro atoms. The van der Waals surface area contributed by atoms with Crippen LogP contribution in [0.1, 0.15) is 38.8 Å². The van der Waals surface area contributed by atoms with Gasteiger partial charge in [-0.15, -0.1) is 0 Å². The van der Waals surface area contributed by atoms with Gasteiger partial charge in [-0.2, -0.15) is 0 Å². The van der Waals surface area contributed by atoms with Gasteiger partial charge in [0.2, 0.25) is 5.91 Å². The third-order valence-corrected chi connectivity index (χ3v) is 3.59. The van der Waals surface area contributed by atoms with E-state index < -0.39 is 0 Å². The summed E-state index contributed by atoms with van der Waals surface area (Å²) in [6.07, 6.45) is 2.85. The second-order valence-electron chi connectivity index (χ2n) is 5.19. The van der Waals surface area contributed by atoms with Crippen LogP contribution in [0, 0.1) is 5.92 Å². The Labute approximate surface area is 115 Å². The van der Waals surface area contributed by atoms with E-state index in [9.17, 15) is 4.79 Å². The summed E-state index contributed by atoms with van der Waals surface area (Å²) in [6, 6.07) is 5.96. The summed E-state index contributed by atoms with van der Waals surface area (Å²) in [6.45, 7) is 6.72. The summed E-state index contributed by atoms with van der Waals surface area (Å²) in [4.78, 5) is 18.4. The fourth-order valence-corrected chi connectivity index (χ4v) is 2.39. The zero-order valence-corrected chi connectivity index (χ0v) is 11.9. The molecule has 2 heterocycles. The Kier molecular flexibility index (Phi) is 4.77. The predicted molar refractivity (Wildman–Crippen MR) is 76.8 cm³/mol. The monoisotopic (exact) mass is 261 g/mol. The van der Waals surface area contributed by atoms with Gasteiger partial charge in [-0.1, -0.05) is 26.3 Å². The Morgan fingerprint density at radius 3 is 2.95 bits per heavy atom. The topological polar surface area (TPSA) is 45.2 Å². The maximum atomic E-state index is 11.9. The fourth-order valence-electron chi connectivity index (χ4n) is 2.39. The molecule has 1 unspecified atom stereocenters. The molecule has 4 heteroatoms. The highest BCUT2D eigenvalue weighted by molar-refractivity contribution is 5.78. The molecule has 1 amide bonds. The first kappa shape index (κ1) is 13.8. The number of likely N-dealkylation sites (tertiary alicyclic amines) is 1. The Bertz CT molecular complexity index is 433. The van der Waals surface area contributed by atoms with Crippen LogP contribution in [0.5, 0.6) is 0 Å². The standard InChI is InChI=1S/C15H23N3O/c1-3-8-16-14-7-5-6-13(17-14)11-18-10-12(4-2)9-15(18)19/h5-7,12H,3-4,8-11H2,1-2H3,(H,16,17). The largest absolute Gasteiger partial charge is 0.370 e. The summed E-state index contributed by atoms with van der Waals surface area (Å²) < 4.78 is 0. The lowest BCUT2D eigenvalue weighted by Crippen LogP contribution is -2.25. The number of pyridine rings is 1. The maximum Gasteiger partial charge on any atom is 0.223 e. The molecule has 4 nitrogen and oxygen atoms in total. The first-order valence-electron chi connectivity index (χ1n) is 7.20. The highest BCUT2D eigenvalue weighted by atomic mass is 16.2. The van der Waals surface area contributed by atoms with Crippen molar-refractivity contribution in [1.29, 1.82) is 0 Å². The number of hydrogen-bond acceptors (Lipinski definition) is 3. The molecule has 1 saturated heterocycles. The fraction of sp³-hybridized carbons (Fsp3) is 0.600. The molecule has 1 aliphatic heterocycles. The number of carbonyl (C=O) groups is 1. The van der Waals surface area contributed by atoms with E-state index in [1.54, 1.807) is 0 Å². The van der Waals surface area contributed by atoms with E-state index >= 15 is 0 Å². The number of rotatable bonds is 6. The molecule has 0 bridgehead atoms. The van der Waals surface area contributed by atoms with Gasteiger partial charge in [0.25, 0.3) is 0 Å². The summed E-state index contributed by atoms with van der Waals surface area (Å²) in [5, 5.41) is 3.28. The molecule has 0 aliphatic carbocycles. The van der Waals surface area contributed by atoms with Crippen LogP contribution in [0.3, 0.4) is 0 Å². The van der Waals surface area contributed by atoms with E-state index in [2.05, 4.69) is 24.1 Å². The van der Waals surface area contributed by atoms with Gasteiger partial charge in [0.15, 0.2) is 0 Å². The highest BCUT2D eigenvalue weighted by Crippen LogP contribution is 2.22. The van der Waals surface area contributed by atoms with Crippen LogP contribution in [-0.4, -0.2) is 28.9 Å². The van der Waals surface area contributed by atoms with E-state index in [4.69, 9.17) is 0 Å². The molecule has 1 aliphatic rings. The Morgan fingerprint density at radius 1 is 1.42 bits per heavy atom. The van der Waals surface area contributed by atoms with Crippen LogP contribution in [0.2, 0.25) is 0 Å². The molecule has 19 heavy (non-hydrogen) atoms. The molecule has 1 atom stereocenters. The molecule has 1 N–H and O–H groups in total. The van der Waals surface area contributed by atoms with Crippen molar-refractivity contribution in [2.24, 2.45) is 5.92 Å². The van der Waals surface area contributed by atoms with E-state index in [0.717, 1.165) is 37.4 Å². The summed E-state index contributed by atoms with van der Waals surface area (Å²) in [5.41, 5.74) is 0.964. The zero-order valence-electron chi connectivity index (χ0n) is 11.9. The van der Waals surface area contributed by atoms with E-state index in [0.29, 0.717) is 18.9 Å². The van der Waals surface area contributed by atoms with Crippen molar-refractivity contribution in [3.05, 3.63) is 23.9 Å². The van der Waals surface area contributed by atoms with Gasteiger partial charge in [0.05, 0.1) is 12.2 Å². The van der Waals surface area contributed by atoms with E-state index in [1.165, 1.54) is 0 Å². The molecule has 1 fully saturated rings. The van der Waals surface area contributed by atoms with Crippen molar-refractivity contribution in [2.75, 3.05) is 18.4 Å². The molecule has 0 radical (unpaired) electrons. The van der Waals surface area contributed by atoms with E-state index in [-0.39, 0.29) is 5.91 Å². The van der Waals surface area contributed by atoms with Gasteiger partial charge < -0.3 is 10.2 Å². The third kappa shape index (κ3) is 3.69. The minimum Gasteiger partial charge on any atom is -0.370 e. The van der Waals surface area contributed by atoms with Crippen LogP contribution in [0.25, 0.3) is 0 Å². The van der Waals surface area contributed by atoms with Gasteiger partial charge in [0.1, 0.15) is 5.82 Å². The number of anilines is 1. The minimum absolute atomic E-state index is 0.264. The molecule has 1 aromatic rings. The molecule has 104 valence electrons. The van der Waals surface area contributed by atoms with Crippen molar-refractivity contribution >= 4 is 11.7 Å².